The molecule has 0 aromatic rings. The van der Waals surface area contributed by atoms with Gasteiger partial charge in [-0.25, -0.2) is 0 Å². The first-order valence-electron chi connectivity index (χ1n) is 3.36. The monoisotopic (exact) mass is 158 g/mol. The van der Waals surface area contributed by atoms with Gasteiger partial charge < -0.3 is 9.16 Å². The Balaban J connectivity index is 2.70. The minimum absolute atomic E-state index is 0.598. The van der Waals surface area contributed by atoms with Crippen molar-refractivity contribution in [3.05, 3.63) is 12.7 Å². The van der Waals surface area contributed by atoms with E-state index in [-0.39, 0.29) is 0 Å². The molecule has 0 amide bonds. The lowest BCUT2D eigenvalue weighted by Crippen LogP contribution is -2.04. The Kier molecular flexibility index (Phi) is 8.77. The SMILES string of the molecule is C=CCC[Si]OCCOC. The van der Waals surface area contributed by atoms with Crippen molar-refractivity contribution in [2.45, 2.75) is 12.5 Å². The van der Waals surface area contributed by atoms with Gasteiger partial charge in [-0.1, -0.05) is 6.08 Å². The number of hydrogen-bond acceptors (Lipinski definition) is 2. The summed E-state index contributed by atoms with van der Waals surface area (Å²) in [5.41, 5.74) is 0. The average Bonchev–Trinajstić information content (AvgIpc) is 1.97. The lowest BCUT2D eigenvalue weighted by atomic mass is 10.5. The summed E-state index contributed by atoms with van der Waals surface area (Å²) >= 11 is 0. The quantitative estimate of drug-likeness (QED) is 0.315. The maximum absolute atomic E-state index is 5.23. The Labute approximate surface area is 65.2 Å². The Morgan fingerprint density at radius 2 is 2.30 bits per heavy atom. The number of hydrogen-bond donors (Lipinski definition) is 0. The van der Waals surface area contributed by atoms with Gasteiger partial charge in [0, 0.05) is 7.11 Å². The highest BCUT2D eigenvalue weighted by Gasteiger charge is 1.88. The third kappa shape index (κ3) is 7.88. The molecule has 0 bridgehead atoms. The molecule has 0 unspecified atom stereocenters. The highest BCUT2D eigenvalue weighted by Crippen LogP contribution is 1.88. The molecule has 2 nitrogen and oxygen atoms in total. The smallest absolute Gasteiger partial charge is 0.230 e. The predicted octanol–water partition coefficient (Wildman–Crippen LogP) is 1.26. The van der Waals surface area contributed by atoms with Gasteiger partial charge in [0.15, 0.2) is 0 Å². The standard InChI is InChI=1S/C7H14O2Si/c1-3-4-7-10-9-6-5-8-2/h3H,1,4-7H2,2H3. The van der Waals surface area contributed by atoms with Crippen LogP contribution in [-0.4, -0.2) is 30.1 Å². The van der Waals surface area contributed by atoms with Crippen molar-refractivity contribution >= 4 is 9.76 Å². The lowest BCUT2D eigenvalue weighted by Gasteiger charge is -1.99. The van der Waals surface area contributed by atoms with Crippen molar-refractivity contribution in [1.29, 1.82) is 0 Å². The summed E-state index contributed by atoms with van der Waals surface area (Å²) in [5.74, 6) is 0. The van der Waals surface area contributed by atoms with Crippen LogP contribution >= 0.6 is 0 Å². The zero-order valence-electron chi connectivity index (χ0n) is 6.43. The highest BCUT2D eigenvalue weighted by molar-refractivity contribution is 6.27. The summed E-state index contributed by atoms with van der Waals surface area (Å²) in [6.07, 6.45) is 2.96. The predicted molar refractivity (Wildman–Crippen MR) is 43.2 cm³/mol. The van der Waals surface area contributed by atoms with Gasteiger partial charge in [0.1, 0.15) is 0 Å². The van der Waals surface area contributed by atoms with Crippen molar-refractivity contribution in [3.8, 4) is 0 Å². The van der Waals surface area contributed by atoms with Gasteiger partial charge in [0.2, 0.25) is 9.76 Å². The van der Waals surface area contributed by atoms with Gasteiger partial charge in [0.05, 0.1) is 13.2 Å². The van der Waals surface area contributed by atoms with E-state index in [4.69, 9.17) is 9.16 Å². The van der Waals surface area contributed by atoms with Gasteiger partial charge in [-0.3, -0.25) is 0 Å². The number of ether oxygens (including phenoxy) is 1. The molecule has 0 aliphatic carbocycles. The van der Waals surface area contributed by atoms with E-state index in [0.717, 1.165) is 12.5 Å². The second kappa shape index (κ2) is 8.88. The lowest BCUT2D eigenvalue weighted by molar-refractivity contribution is 0.149. The summed E-state index contributed by atoms with van der Waals surface area (Å²) < 4.78 is 10.0. The minimum Gasteiger partial charge on any atom is -0.415 e. The first-order valence-corrected chi connectivity index (χ1v) is 4.48. The van der Waals surface area contributed by atoms with Crippen molar-refractivity contribution in [1.82, 2.24) is 0 Å². The molecule has 10 heavy (non-hydrogen) atoms. The summed E-state index contributed by atoms with van der Waals surface area (Å²) in [7, 11) is 2.27. The Bertz CT molecular complexity index is 76.0. The highest BCUT2D eigenvalue weighted by atomic mass is 28.2. The van der Waals surface area contributed by atoms with Crippen molar-refractivity contribution in [2.75, 3.05) is 20.3 Å². The Hall–Kier alpha value is -0.123. The maximum Gasteiger partial charge on any atom is 0.230 e. The molecule has 0 atom stereocenters. The van der Waals surface area contributed by atoms with Crippen molar-refractivity contribution in [2.24, 2.45) is 0 Å². The largest absolute Gasteiger partial charge is 0.415 e. The van der Waals surface area contributed by atoms with Crippen LogP contribution in [0.3, 0.4) is 0 Å². The van der Waals surface area contributed by atoms with E-state index in [9.17, 15) is 0 Å². The summed E-state index contributed by atoms with van der Waals surface area (Å²) in [5, 5.41) is 0. The molecule has 0 saturated heterocycles. The molecular weight excluding hydrogens is 144 g/mol. The zero-order chi connectivity index (χ0) is 7.66. The fourth-order valence-corrected chi connectivity index (χ4v) is 1.12. The van der Waals surface area contributed by atoms with Gasteiger partial charge >= 0.3 is 0 Å². The molecule has 0 N–H and O–H groups in total. The third-order valence-corrected chi connectivity index (χ3v) is 1.84. The molecule has 0 rings (SSSR count). The molecule has 58 valence electrons. The van der Waals surface area contributed by atoms with E-state index >= 15 is 0 Å². The molecule has 0 fully saturated rings. The van der Waals surface area contributed by atoms with E-state index in [2.05, 4.69) is 6.58 Å². The van der Waals surface area contributed by atoms with Gasteiger partial charge in [-0.15, -0.1) is 6.58 Å². The molecule has 0 spiro atoms. The van der Waals surface area contributed by atoms with Crippen LogP contribution in [0, 0.1) is 0 Å². The van der Waals surface area contributed by atoms with E-state index in [1.54, 1.807) is 7.11 Å². The Morgan fingerprint density at radius 1 is 1.50 bits per heavy atom. The zero-order valence-corrected chi connectivity index (χ0v) is 7.43. The van der Waals surface area contributed by atoms with Crippen LogP contribution in [-0.2, 0) is 9.16 Å². The van der Waals surface area contributed by atoms with Crippen LogP contribution in [0.5, 0.6) is 0 Å². The molecule has 0 aliphatic rings. The number of rotatable bonds is 7. The maximum atomic E-state index is 5.23. The molecular formula is C7H14O2Si. The molecule has 2 radical (unpaired) electrons. The van der Waals surface area contributed by atoms with E-state index in [1.165, 1.54) is 0 Å². The second-order valence-electron chi connectivity index (χ2n) is 1.81. The average molecular weight is 158 g/mol. The molecule has 0 aromatic heterocycles. The first-order chi connectivity index (χ1) is 4.91. The fourth-order valence-electron chi connectivity index (χ4n) is 0.430. The normalized spacial score (nSPS) is 9.70. The molecule has 0 heterocycles. The van der Waals surface area contributed by atoms with Crippen molar-refractivity contribution < 1.29 is 9.16 Å². The number of allylic oxidation sites excluding steroid dienone is 1. The van der Waals surface area contributed by atoms with E-state index in [1.807, 2.05) is 6.08 Å². The summed E-state index contributed by atoms with van der Waals surface area (Å²) in [6, 6.07) is 1.09. The first kappa shape index (κ1) is 9.88. The molecule has 0 aromatic carbocycles. The van der Waals surface area contributed by atoms with Gasteiger partial charge in [-0.2, -0.15) is 0 Å². The summed E-state index contributed by atoms with van der Waals surface area (Å²) in [6.45, 7) is 5.03. The fraction of sp³-hybridized carbons (Fsp3) is 0.714. The van der Waals surface area contributed by atoms with Crippen LogP contribution in [0.2, 0.25) is 6.04 Å². The Morgan fingerprint density at radius 3 is 2.90 bits per heavy atom. The van der Waals surface area contributed by atoms with Crippen molar-refractivity contribution in [3.63, 3.8) is 0 Å². The van der Waals surface area contributed by atoms with Gasteiger partial charge in [0.25, 0.3) is 0 Å². The summed E-state index contributed by atoms with van der Waals surface area (Å²) in [4.78, 5) is 0. The minimum atomic E-state index is 0.598. The van der Waals surface area contributed by atoms with Crippen LogP contribution in [0.25, 0.3) is 0 Å². The van der Waals surface area contributed by atoms with E-state index < -0.39 is 0 Å². The van der Waals surface area contributed by atoms with Crippen LogP contribution in [0.4, 0.5) is 0 Å². The second-order valence-corrected chi connectivity index (χ2v) is 2.89. The molecule has 0 aliphatic heterocycles. The van der Waals surface area contributed by atoms with Gasteiger partial charge in [-0.05, 0) is 12.5 Å². The molecule has 3 heteroatoms. The third-order valence-electron chi connectivity index (χ3n) is 0.942. The van der Waals surface area contributed by atoms with Crippen LogP contribution in [0.1, 0.15) is 6.42 Å². The topological polar surface area (TPSA) is 18.5 Å². The molecule has 0 saturated carbocycles. The number of methoxy groups -OCH3 is 1. The van der Waals surface area contributed by atoms with Crippen LogP contribution < -0.4 is 0 Å². The van der Waals surface area contributed by atoms with Crippen LogP contribution in [0.15, 0.2) is 12.7 Å². The van der Waals surface area contributed by atoms with E-state index in [0.29, 0.717) is 23.0 Å².